The van der Waals surface area contributed by atoms with E-state index in [9.17, 15) is 0 Å². The van der Waals surface area contributed by atoms with Crippen molar-refractivity contribution in [3.05, 3.63) is 64.7 Å². The molecule has 1 aromatic carbocycles. The third-order valence-corrected chi connectivity index (χ3v) is 5.09. The highest BCUT2D eigenvalue weighted by Crippen LogP contribution is 2.32. The summed E-state index contributed by atoms with van der Waals surface area (Å²) in [6.45, 7) is 2.69. The number of anilines is 1. The standard InChI is InChI=1S/C21H23N3O3S.HI/c1-4-17(25-10-1)8-9-22-21(23-15-18-5-2-13-28-18)24-16-6-7-19-20(14-16)27-12-3-11-26-19;/h1-2,4-7,10,13-14H,3,8-9,11-12,15H2,(H2,22,23,24);1H. The van der Waals surface area contributed by atoms with Crippen LogP contribution in [0.3, 0.4) is 0 Å². The first kappa shape index (κ1) is 21.5. The van der Waals surface area contributed by atoms with Gasteiger partial charge in [0.2, 0.25) is 0 Å². The van der Waals surface area contributed by atoms with Crippen LogP contribution >= 0.6 is 35.3 Å². The summed E-state index contributed by atoms with van der Waals surface area (Å²) in [5, 5.41) is 8.80. The van der Waals surface area contributed by atoms with Crippen LogP contribution in [-0.2, 0) is 13.0 Å². The minimum atomic E-state index is 0. The maximum Gasteiger partial charge on any atom is 0.196 e. The number of furan rings is 1. The van der Waals surface area contributed by atoms with Crippen LogP contribution in [0.15, 0.2) is 63.5 Å². The Morgan fingerprint density at radius 3 is 2.76 bits per heavy atom. The van der Waals surface area contributed by atoms with Crippen molar-refractivity contribution in [1.82, 2.24) is 5.32 Å². The van der Waals surface area contributed by atoms with E-state index in [1.54, 1.807) is 17.6 Å². The van der Waals surface area contributed by atoms with Crippen LogP contribution in [0.25, 0.3) is 0 Å². The summed E-state index contributed by atoms with van der Waals surface area (Å²) in [5.74, 6) is 3.21. The first-order chi connectivity index (χ1) is 13.9. The maximum atomic E-state index is 5.78. The lowest BCUT2D eigenvalue weighted by Crippen LogP contribution is -2.32. The number of thiophene rings is 1. The predicted molar refractivity (Wildman–Crippen MR) is 127 cm³/mol. The van der Waals surface area contributed by atoms with E-state index < -0.39 is 0 Å². The largest absolute Gasteiger partial charge is 0.490 e. The summed E-state index contributed by atoms with van der Waals surface area (Å²) < 4.78 is 16.9. The summed E-state index contributed by atoms with van der Waals surface area (Å²) >= 11 is 1.70. The van der Waals surface area contributed by atoms with Crippen LogP contribution in [0.1, 0.15) is 17.1 Å². The first-order valence-electron chi connectivity index (χ1n) is 9.36. The highest BCUT2D eigenvalue weighted by atomic mass is 127. The molecule has 0 aliphatic carbocycles. The van der Waals surface area contributed by atoms with E-state index >= 15 is 0 Å². The fraction of sp³-hybridized carbons (Fsp3) is 0.286. The van der Waals surface area contributed by atoms with Gasteiger partial charge >= 0.3 is 0 Å². The van der Waals surface area contributed by atoms with Gasteiger partial charge < -0.3 is 24.5 Å². The minimum Gasteiger partial charge on any atom is -0.490 e. The molecule has 0 unspecified atom stereocenters. The number of nitrogens with zero attached hydrogens (tertiary/aromatic N) is 1. The molecule has 2 aromatic heterocycles. The van der Waals surface area contributed by atoms with Crippen LogP contribution in [0.5, 0.6) is 11.5 Å². The van der Waals surface area contributed by atoms with Gasteiger partial charge in [0, 0.05) is 36.0 Å². The molecule has 8 heteroatoms. The number of hydrogen-bond acceptors (Lipinski definition) is 5. The van der Waals surface area contributed by atoms with Crippen molar-refractivity contribution < 1.29 is 13.9 Å². The lowest BCUT2D eigenvalue weighted by atomic mass is 10.2. The first-order valence-corrected chi connectivity index (χ1v) is 10.2. The van der Waals surface area contributed by atoms with E-state index in [0.717, 1.165) is 41.7 Å². The van der Waals surface area contributed by atoms with Gasteiger partial charge in [-0.15, -0.1) is 35.3 Å². The minimum absolute atomic E-state index is 0. The Bertz CT molecular complexity index is 898. The summed E-state index contributed by atoms with van der Waals surface area (Å²) in [6.07, 6.45) is 3.37. The number of fused-ring (bicyclic) bond motifs is 1. The zero-order valence-electron chi connectivity index (χ0n) is 15.9. The van der Waals surface area contributed by atoms with E-state index in [0.29, 0.717) is 26.3 Å². The molecule has 0 bridgehead atoms. The second-order valence-corrected chi connectivity index (χ2v) is 7.37. The number of rotatable bonds is 6. The van der Waals surface area contributed by atoms with Gasteiger partial charge in [0.05, 0.1) is 26.0 Å². The number of nitrogens with one attached hydrogen (secondary N) is 2. The Hall–Kier alpha value is -2.20. The fourth-order valence-corrected chi connectivity index (χ4v) is 3.46. The molecule has 154 valence electrons. The molecule has 4 rings (SSSR count). The molecule has 0 saturated carbocycles. The van der Waals surface area contributed by atoms with Crippen LogP contribution in [-0.4, -0.2) is 25.7 Å². The number of benzene rings is 1. The molecule has 1 aliphatic heterocycles. The van der Waals surface area contributed by atoms with Crippen molar-refractivity contribution >= 4 is 47.0 Å². The molecule has 0 saturated heterocycles. The highest BCUT2D eigenvalue weighted by molar-refractivity contribution is 14.0. The summed E-state index contributed by atoms with van der Waals surface area (Å²) in [7, 11) is 0. The Kier molecular flexibility index (Phi) is 8.24. The molecule has 1 aliphatic rings. The molecule has 0 atom stereocenters. The third kappa shape index (κ3) is 6.40. The van der Waals surface area contributed by atoms with Gasteiger partial charge in [-0.25, -0.2) is 4.99 Å². The van der Waals surface area contributed by atoms with Crippen molar-refractivity contribution in [2.45, 2.75) is 19.4 Å². The topological polar surface area (TPSA) is 68.0 Å². The fourth-order valence-electron chi connectivity index (χ4n) is 2.84. The quantitative estimate of drug-likeness (QED) is 0.272. The Balaban J connectivity index is 0.00000240. The molecule has 0 spiro atoms. The molecule has 3 heterocycles. The SMILES string of the molecule is I.c1coc(CCNC(=NCc2cccs2)Nc2ccc3c(c2)OCCCO3)c1. The van der Waals surface area contributed by atoms with E-state index in [4.69, 9.17) is 18.9 Å². The molecule has 29 heavy (non-hydrogen) atoms. The number of guanidine groups is 1. The van der Waals surface area contributed by atoms with Crippen molar-refractivity contribution in [1.29, 1.82) is 0 Å². The van der Waals surface area contributed by atoms with Crippen molar-refractivity contribution in [2.24, 2.45) is 4.99 Å². The van der Waals surface area contributed by atoms with Crippen LogP contribution in [0.4, 0.5) is 5.69 Å². The average molecular weight is 525 g/mol. The second-order valence-electron chi connectivity index (χ2n) is 6.34. The molecule has 0 fully saturated rings. The van der Waals surface area contributed by atoms with Gasteiger partial charge in [-0.3, -0.25) is 0 Å². The monoisotopic (exact) mass is 525 g/mol. The Labute approximate surface area is 191 Å². The number of aliphatic imine (C=N–C) groups is 1. The molecule has 0 radical (unpaired) electrons. The van der Waals surface area contributed by atoms with Crippen LogP contribution in [0, 0.1) is 0 Å². The van der Waals surface area contributed by atoms with Gasteiger partial charge in [-0.1, -0.05) is 6.07 Å². The lowest BCUT2D eigenvalue weighted by molar-refractivity contribution is 0.297. The van der Waals surface area contributed by atoms with Crippen LogP contribution in [0.2, 0.25) is 0 Å². The number of halogens is 1. The lowest BCUT2D eigenvalue weighted by Gasteiger charge is -2.14. The van der Waals surface area contributed by atoms with E-state index in [-0.39, 0.29) is 24.0 Å². The Morgan fingerprint density at radius 1 is 1.07 bits per heavy atom. The zero-order valence-corrected chi connectivity index (χ0v) is 19.1. The summed E-state index contributed by atoms with van der Waals surface area (Å²) in [5.41, 5.74) is 0.902. The van der Waals surface area contributed by atoms with Gasteiger partial charge in [0.1, 0.15) is 5.76 Å². The number of hydrogen-bond donors (Lipinski definition) is 2. The molecule has 6 nitrogen and oxygen atoms in total. The van der Waals surface area contributed by atoms with E-state index in [2.05, 4.69) is 22.1 Å². The molecule has 0 amide bonds. The van der Waals surface area contributed by atoms with Crippen molar-refractivity contribution in [3.63, 3.8) is 0 Å². The van der Waals surface area contributed by atoms with Crippen molar-refractivity contribution in [2.75, 3.05) is 25.1 Å². The normalized spacial score (nSPS) is 13.3. The zero-order chi connectivity index (χ0) is 19.0. The number of ether oxygens (including phenoxy) is 2. The molecular formula is C21H24IN3O3S. The van der Waals surface area contributed by atoms with E-state index in [1.165, 1.54) is 4.88 Å². The predicted octanol–water partition coefficient (Wildman–Crippen LogP) is 4.92. The average Bonchev–Trinajstić information content (AvgIpc) is 3.37. The van der Waals surface area contributed by atoms with Crippen LogP contribution < -0.4 is 20.1 Å². The van der Waals surface area contributed by atoms with Gasteiger partial charge in [-0.2, -0.15) is 0 Å². The maximum absolute atomic E-state index is 5.78. The molecule has 2 N–H and O–H groups in total. The van der Waals surface area contributed by atoms with Gasteiger partial charge in [0.15, 0.2) is 17.5 Å². The van der Waals surface area contributed by atoms with Gasteiger partial charge in [-0.05, 0) is 35.7 Å². The van der Waals surface area contributed by atoms with Gasteiger partial charge in [0.25, 0.3) is 0 Å². The van der Waals surface area contributed by atoms with Crippen molar-refractivity contribution in [3.8, 4) is 11.5 Å². The summed E-state index contributed by atoms with van der Waals surface area (Å²) in [6, 6.07) is 13.9. The third-order valence-electron chi connectivity index (χ3n) is 4.23. The second kappa shape index (κ2) is 11.1. The Morgan fingerprint density at radius 2 is 1.97 bits per heavy atom. The summed E-state index contributed by atoms with van der Waals surface area (Å²) in [4.78, 5) is 5.93. The molecular weight excluding hydrogens is 501 g/mol. The highest BCUT2D eigenvalue weighted by Gasteiger charge is 2.11. The molecule has 3 aromatic rings. The van der Waals surface area contributed by atoms with E-state index in [1.807, 2.05) is 36.4 Å². The smallest absolute Gasteiger partial charge is 0.196 e.